The molecule has 4 nitrogen and oxygen atoms in total. The number of rotatable bonds is 5. The zero-order valence-electron chi connectivity index (χ0n) is 13.0. The minimum Gasteiger partial charge on any atom is -0.309 e. The van der Waals surface area contributed by atoms with Gasteiger partial charge in [0.25, 0.3) is 0 Å². The lowest BCUT2D eigenvalue weighted by atomic mass is 10.1. The van der Waals surface area contributed by atoms with Crippen LogP contribution < -0.4 is 5.32 Å². The predicted molar refractivity (Wildman–Crippen MR) is 90.0 cm³/mol. The molecule has 0 bridgehead atoms. The number of hydrogen-bond acceptors (Lipinski definition) is 3. The van der Waals surface area contributed by atoms with Crippen molar-refractivity contribution in [3.63, 3.8) is 0 Å². The zero-order chi connectivity index (χ0) is 16.1. The number of pyridine rings is 1. The Morgan fingerprint density at radius 3 is 2.55 bits per heavy atom. The summed E-state index contributed by atoms with van der Waals surface area (Å²) in [5.74, 6) is 0.412. The van der Waals surface area contributed by atoms with E-state index >= 15 is 0 Å². The van der Waals surface area contributed by atoms with Crippen molar-refractivity contribution in [3.8, 4) is 0 Å². The number of halogens is 1. The number of aryl methyl sites for hydroxylation is 1. The van der Waals surface area contributed by atoms with Crippen LogP contribution in [0.4, 0.5) is 5.82 Å². The number of hydrogen-bond donors (Lipinski definition) is 1. The van der Waals surface area contributed by atoms with Crippen molar-refractivity contribution in [2.24, 2.45) is 0 Å². The third-order valence-corrected chi connectivity index (χ3v) is 3.80. The highest BCUT2D eigenvalue weighted by Gasteiger charge is 2.18. The summed E-state index contributed by atoms with van der Waals surface area (Å²) in [6.07, 6.45) is 1.51. The molecule has 1 amide bonds. The van der Waals surface area contributed by atoms with E-state index in [1.165, 1.54) is 17.3 Å². The van der Waals surface area contributed by atoms with E-state index in [1.807, 2.05) is 18.9 Å². The molecule has 0 aliphatic carbocycles. The van der Waals surface area contributed by atoms with Crippen LogP contribution in [0.5, 0.6) is 0 Å². The molecule has 1 unspecified atom stereocenters. The van der Waals surface area contributed by atoms with Crippen LogP contribution in [-0.4, -0.2) is 28.9 Å². The van der Waals surface area contributed by atoms with E-state index in [-0.39, 0.29) is 11.9 Å². The molecule has 2 rings (SSSR count). The minimum atomic E-state index is -0.265. The van der Waals surface area contributed by atoms with E-state index in [0.29, 0.717) is 17.4 Å². The molecule has 2 aromatic rings. The quantitative estimate of drug-likeness (QED) is 0.918. The van der Waals surface area contributed by atoms with E-state index < -0.39 is 0 Å². The average molecular weight is 318 g/mol. The van der Waals surface area contributed by atoms with Gasteiger partial charge >= 0.3 is 0 Å². The van der Waals surface area contributed by atoms with Crippen molar-refractivity contribution in [2.45, 2.75) is 26.4 Å². The molecule has 1 heterocycles. The molecule has 0 saturated carbocycles. The van der Waals surface area contributed by atoms with Gasteiger partial charge in [-0.2, -0.15) is 0 Å². The van der Waals surface area contributed by atoms with Crippen LogP contribution in [0.1, 0.15) is 18.1 Å². The smallest absolute Gasteiger partial charge is 0.242 e. The first-order chi connectivity index (χ1) is 10.5. The molecular formula is C17H20ClN3O. The van der Waals surface area contributed by atoms with Gasteiger partial charge in [0.05, 0.1) is 11.1 Å². The summed E-state index contributed by atoms with van der Waals surface area (Å²) in [5, 5.41) is 3.34. The highest BCUT2D eigenvalue weighted by atomic mass is 35.5. The Morgan fingerprint density at radius 1 is 1.27 bits per heavy atom. The third-order valence-electron chi connectivity index (χ3n) is 3.57. The predicted octanol–water partition coefficient (Wildman–Crippen LogP) is 3.50. The molecule has 0 saturated heterocycles. The van der Waals surface area contributed by atoms with E-state index in [1.54, 1.807) is 12.1 Å². The van der Waals surface area contributed by atoms with Gasteiger partial charge in [0, 0.05) is 12.7 Å². The van der Waals surface area contributed by atoms with Gasteiger partial charge in [0.2, 0.25) is 5.91 Å². The van der Waals surface area contributed by atoms with Gasteiger partial charge in [0.1, 0.15) is 5.82 Å². The summed E-state index contributed by atoms with van der Waals surface area (Å²) < 4.78 is 0. The van der Waals surface area contributed by atoms with Crippen LogP contribution in [0.3, 0.4) is 0 Å². The lowest BCUT2D eigenvalue weighted by Gasteiger charge is -2.23. The maximum absolute atomic E-state index is 12.3. The first-order valence-electron chi connectivity index (χ1n) is 7.14. The minimum absolute atomic E-state index is 0.0931. The second-order valence-electron chi connectivity index (χ2n) is 5.43. The van der Waals surface area contributed by atoms with Crippen molar-refractivity contribution >= 4 is 23.3 Å². The summed E-state index contributed by atoms with van der Waals surface area (Å²) in [6, 6.07) is 11.4. The van der Waals surface area contributed by atoms with E-state index in [4.69, 9.17) is 11.6 Å². The maximum atomic E-state index is 12.3. The highest BCUT2D eigenvalue weighted by molar-refractivity contribution is 6.30. The van der Waals surface area contributed by atoms with Crippen LogP contribution in [0, 0.1) is 6.92 Å². The SMILES string of the molecule is Cc1ccc(CN(C)C(C)C(=O)Nc2ccc(Cl)cn2)cc1. The molecule has 5 heteroatoms. The van der Waals surface area contributed by atoms with E-state index in [2.05, 4.69) is 41.5 Å². The molecule has 0 aliphatic heterocycles. The van der Waals surface area contributed by atoms with Crippen LogP contribution in [0.15, 0.2) is 42.6 Å². The first-order valence-corrected chi connectivity index (χ1v) is 7.51. The summed E-state index contributed by atoms with van der Waals surface area (Å²) in [7, 11) is 1.93. The van der Waals surface area contributed by atoms with Gasteiger partial charge in [-0.25, -0.2) is 4.98 Å². The summed E-state index contributed by atoms with van der Waals surface area (Å²) in [6.45, 7) is 4.64. The Hall–Kier alpha value is -1.91. The Kier molecular flexibility index (Phi) is 5.52. The van der Waals surface area contributed by atoms with E-state index in [9.17, 15) is 4.79 Å². The molecule has 1 N–H and O–H groups in total. The van der Waals surface area contributed by atoms with Crippen LogP contribution in [-0.2, 0) is 11.3 Å². The topological polar surface area (TPSA) is 45.2 Å². The van der Waals surface area contributed by atoms with Gasteiger partial charge in [-0.05, 0) is 38.6 Å². The number of likely N-dealkylation sites (N-methyl/N-ethyl adjacent to an activating group) is 1. The second kappa shape index (κ2) is 7.38. The summed E-state index contributed by atoms with van der Waals surface area (Å²) in [5.41, 5.74) is 2.41. The zero-order valence-corrected chi connectivity index (χ0v) is 13.8. The normalized spacial score (nSPS) is 12.2. The standard InChI is InChI=1S/C17H20ClN3O/c1-12-4-6-14(7-5-12)11-21(3)13(2)17(22)20-16-9-8-15(18)10-19-16/h4-10,13H,11H2,1-3H3,(H,19,20,22). The number of carbonyl (C=O) groups is 1. The fraction of sp³-hybridized carbons (Fsp3) is 0.294. The third kappa shape index (κ3) is 4.55. The number of anilines is 1. The largest absolute Gasteiger partial charge is 0.309 e. The summed E-state index contributed by atoms with van der Waals surface area (Å²) >= 11 is 5.78. The summed E-state index contributed by atoms with van der Waals surface area (Å²) in [4.78, 5) is 18.3. The van der Waals surface area contributed by atoms with Crippen molar-refractivity contribution in [1.82, 2.24) is 9.88 Å². The fourth-order valence-corrected chi connectivity index (χ4v) is 2.11. The van der Waals surface area contributed by atoms with Crippen molar-refractivity contribution in [2.75, 3.05) is 12.4 Å². The molecule has 0 spiro atoms. The van der Waals surface area contributed by atoms with Gasteiger partial charge in [-0.15, -0.1) is 0 Å². The Balaban J connectivity index is 1.94. The first kappa shape index (κ1) is 16.5. The van der Waals surface area contributed by atoms with Crippen molar-refractivity contribution < 1.29 is 4.79 Å². The van der Waals surface area contributed by atoms with Gasteiger partial charge in [-0.3, -0.25) is 9.69 Å². The maximum Gasteiger partial charge on any atom is 0.242 e. The molecule has 0 fully saturated rings. The van der Waals surface area contributed by atoms with Crippen molar-refractivity contribution in [3.05, 3.63) is 58.7 Å². The second-order valence-corrected chi connectivity index (χ2v) is 5.86. The molecule has 1 aromatic heterocycles. The molecule has 22 heavy (non-hydrogen) atoms. The van der Waals surface area contributed by atoms with Crippen molar-refractivity contribution in [1.29, 1.82) is 0 Å². The molecule has 1 atom stereocenters. The number of carbonyl (C=O) groups excluding carboxylic acids is 1. The van der Waals surface area contributed by atoms with Gasteiger partial charge in [-0.1, -0.05) is 41.4 Å². The van der Waals surface area contributed by atoms with E-state index in [0.717, 1.165) is 0 Å². The van der Waals surface area contributed by atoms with Crippen LogP contribution >= 0.6 is 11.6 Å². The highest BCUT2D eigenvalue weighted by Crippen LogP contribution is 2.12. The Morgan fingerprint density at radius 2 is 1.95 bits per heavy atom. The average Bonchev–Trinajstić information content (AvgIpc) is 2.51. The Labute approximate surface area is 136 Å². The molecule has 116 valence electrons. The number of nitrogens with one attached hydrogen (secondary N) is 1. The Bertz CT molecular complexity index is 625. The number of amides is 1. The number of aromatic nitrogens is 1. The van der Waals surface area contributed by atoms with Gasteiger partial charge in [0.15, 0.2) is 0 Å². The molecule has 0 aliphatic rings. The lowest BCUT2D eigenvalue weighted by Crippen LogP contribution is -2.39. The van der Waals surface area contributed by atoms with Crippen LogP contribution in [0.25, 0.3) is 0 Å². The number of nitrogens with zero attached hydrogens (tertiary/aromatic N) is 2. The van der Waals surface area contributed by atoms with Crippen LogP contribution in [0.2, 0.25) is 5.02 Å². The monoisotopic (exact) mass is 317 g/mol. The lowest BCUT2D eigenvalue weighted by molar-refractivity contribution is -0.120. The van der Waals surface area contributed by atoms with Gasteiger partial charge < -0.3 is 5.32 Å². The number of benzene rings is 1. The molecular weight excluding hydrogens is 298 g/mol. The molecule has 0 radical (unpaired) electrons. The molecule has 1 aromatic carbocycles. The fourth-order valence-electron chi connectivity index (χ4n) is 2.00.